The molecule has 94 valence electrons. The Hall–Kier alpha value is -0.820. The summed E-state index contributed by atoms with van der Waals surface area (Å²) in [5.74, 6) is -0.619. The molecule has 1 rings (SSSR count). The smallest absolute Gasteiger partial charge is 0.407 e. The summed E-state index contributed by atoms with van der Waals surface area (Å²) in [6.07, 6.45) is -0.662. The van der Waals surface area contributed by atoms with Gasteiger partial charge < -0.3 is 15.2 Å². The Balaban J connectivity index is 2.34. The van der Waals surface area contributed by atoms with Crippen molar-refractivity contribution in [3.63, 3.8) is 0 Å². The Bertz CT molecular complexity index is 369. The Morgan fingerprint density at radius 3 is 2.31 bits per heavy atom. The molecule has 0 saturated carbocycles. The fraction of sp³-hybridized carbons (Fsp3) is 0.889. The van der Waals surface area contributed by atoms with Crippen LogP contribution in [-0.2, 0) is 14.6 Å². The maximum atomic E-state index is 11.2. The lowest BCUT2D eigenvalue weighted by atomic mass is 10.1. The molecule has 6 nitrogen and oxygen atoms in total. The van der Waals surface area contributed by atoms with Crippen molar-refractivity contribution >= 4 is 15.9 Å². The summed E-state index contributed by atoms with van der Waals surface area (Å²) in [6.45, 7) is 5.04. The van der Waals surface area contributed by atoms with Gasteiger partial charge in [-0.3, -0.25) is 0 Å². The van der Waals surface area contributed by atoms with Crippen molar-refractivity contribution in [1.29, 1.82) is 0 Å². The fourth-order valence-corrected chi connectivity index (χ4v) is 3.19. The number of amides is 1. The lowest BCUT2D eigenvalue weighted by Gasteiger charge is -2.36. The van der Waals surface area contributed by atoms with E-state index in [9.17, 15) is 18.3 Å². The van der Waals surface area contributed by atoms with Crippen molar-refractivity contribution in [2.24, 2.45) is 0 Å². The fourth-order valence-electron chi connectivity index (χ4n) is 1.43. The zero-order chi connectivity index (χ0) is 12.6. The average molecular weight is 251 g/mol. The highest BCUT2D eigenvalue weighted by molar-refractivity contribution is 7.93. The molecule has 0 aromatic carbocycles. The Labute approximate surface area is 94.9 Å². The van der Waals surface area contributed by atoms with Gasteiger partial charge in [0.1, 0.15) is 11.2 Å². The van der Waals surface area contributed by atoms with Crippen molar-refractivity contribution in [1.82, 2.24) is 5.32 Å². The van der Waals surface area contributed by atoms with E-state index in [2.05, 4.69) is 5.32 Å². The third kappa shape index (κ3) is 3.97. The first-order valence-corrected chi connectivity index (χ1v) is 6.73. The van der Waals surface area contributed by atoms with Crippen LogP contribution in [0.2, 0.25) is 0 Å². The second-order valence-electron chi connectivity index (χ2n) is 5.11. The van der Waals surface area contributed by atoms with Gasteiger partial charge in [-0.15, -0.1) is 0 Å². The first kappa shape index (κ1) is 13.2. The van der Waals surface area contributed by atoms with Gasteiger partial charge in [-0.1, -0.05) is 0 Å². The van der Waals surface area contributed by atoms with E-state index < -0.39 is 27.1 Å². The molecule has 0 aliphatic carbocycles. The quantitative estimate of drug-likeness (QED) is 0.701. The van der Waals surface area contributed by atoms with Crippen molar-refractivity contribution in [3.8, 4) is 0 Å². The van der Waals surface area contributed by atoms with E-state index in [4.69, 9.17) is 4.74 Å². The van der Waals surface area contributed by atoms with E-state index in [1.54, 1.807) is 20.8 Å². The highest BCUT2D eigenvalue weighted by Crippen LogP contribution is 2.22. The molecule has 0 spiro atoms. The molecule has 0 unspecified atom stereocenters. The van der Waals surface area contributed by atoms with Crippen LogP contribution in [0.25, 0.3) is 0 Å². The first-order valence-electron chi connectivity index (χ1n) is 4.91. The molecule has 16 heavy (non-hydrogen) atoms. The Kier molecular flexibility index (Phi) is 3.22. The molecule has 0 bridgehead atoms. The molecule has 1 amide bonds. The molecule has 0 atom stereocenters. The average Bonchev–Trinajstić information content (AvgIpc) is 1.93. The molecule has 7 heteroatoms. The summed E-state index contributed by atoms with van der Waals surface area (Å²) < 4.78 is 26.7. The van der Waals surface area contributed by atoms with Crippen molar-refractivity contribution in [2.75, 3.05) is 18.1 Å². The molecule has 1 heterocycles. The van der Waals surface area contributed by atoms with Crippen molar-refractivity contribution < 1.29 is 23.1 Å². The van der Waals surface area contributed by atoms with Gasteiger partial charge in [0, 0.05) is 0 Å². The molecule has 2 N–H and O–H groups in total. The minimum Gasteiger partial charge on any atom is -0.444 e. The second-order valence-corrected chi connectivity index (χ2v) is 7.18. The van der Waals surface area contributed by atoms with E-state index in [0.717, 1.165) is 0 Å². The third-order valence-electron chi connectivity index (χ3n) is 1.94. The molecular weight excluding hydrogens is 234 g/mol. The lowest BCUT2D eigenvalue weighted by molar-refractivity contribution is 0.0370. The number of nitrogens with one attached hydrogen (secondary N) is 1. The highest BCUT2D eigenvalue weighted by atomic mass is 32.2. The van der Waals surface area contributed by atoms with Crippen LogP contribution in [0.4, 0.5) is 4.79 Å². The molecule has 1 fully saturated rings. The molecule has 0 aromatic heterocycles. The van der Waals surface area contributed by atoms with E-state index in [-0.39, 0.29) is 18.1 Å². The number of sulfone groups is 1. The molecule has 1 aliphatic heterocycles. The van der Waals surface area contributed by atoms with Crippen LogP contribution < -0.4 is 5.32 Å². The summed E-state index contributed by atoms with van der Waals surface area (Å²) >= 11 is 0. The number of hydrogen-bond donors (Lipinski definition) is 2. The number of hydrogen-bond acceptors (Lipinski definition) is 5. The number of rotatable bonds is 2. The van der Waals surface area contributed by atoms with Crippen LogP contribution in [0.5, 0.6) is 0 Å². The van der Waals surface area contributed by atoms with Gasteiger partial charge in [0.15, 0.2) is 9.84 Å². The van der Waals surface area contributed by atoms with Gasteiger partial charge in [-0.2, -0.15) is 0 Å². The van der Waals surface area contributed by atoms with Crippen molar-refractivity contribution in [3.05, 3.63) is 0 Å². The zero-order valence-electron chi connectivity index (χ0n) is 9.61. The summed E-state index contributed by atoms with van der Waals surface area (Å²) in [7, 11) is -3.11. The standard InChI is InChI=1S/C9H17NO5S/c1-8(2,3)15-7(11)10-4-9(12)5-16(13,14)6-9/h12H,4-6H2,1-3H3,(H,10,11). The monoisotopic (exact) mass is 251 g/mol. The molecular formula is C9H17NO5S. The summed E-state index contributed by atoms with van der Waals surface area (Å²) in [6, 6.07) is 0. The second kappa shape index (κ2) is 3.89. The van der Waals surface area contributed by atoms with E-state index in [1.165, 1.54) is 0 Å². The maximum absolute atomic E-state index is 11.2. The number of carbonyl (C=O) groups excluding carboxylic acids is 1. The lowest BCUT2D eigenvalue weighted by Crippen LogP contribution is -2.61. The summed E-state index contributed by atoms with van der Waals surface area (Å²) in [4.78, 5) is 11.2. The molecule has 1 aliphatic rings. The maximum Gasteiger partial charge on any atom is 0.407 e. The SMILES string of the molecule is CC(C)(C)OC(=O)NCC1(O)CS(=O)(=O)C1. The van der Waals surface area contributed by atoms with Gasteiger partial charge in [0.2, 0.25) is 0 Å². The van der Waals surface area contributed by atoms with Crippen LogP contribution >= 0.6 is 0 Å². The third-order valence-corrected chi connectivity index (χ3v) is 3.89. The van der Waals surface area contributed by atoms with Crippen LogP contribution in [-0.4, -0.2) is 48.9 Å². The molecule has 1 saturated heterocycles. The predicted molar refractivity (Wildman–Crippen MR) is 57.8 cm³/mol. The van der Waals surface area contributed by atoms with Crippen molar-refractivity contribution in [2.45, 2.75) is 32.0 Å². The van der Waals surface area contributed by atoms with Gasteiger partial charge >= 0.3 is 6.09 Å². The topological polar surface area (TPSA) is 92.7 Å². The van der Waals surface area contributed by atoms with Gasteiger partial charge in [0.05, 0.1) is 18.1 Å². The number of carbonyl (C=O) groups is 1. The predicted octanol–water partition coefficient (Wildman–Crippen LogP) is -0.329. The van der Waals surface area contributed by atoms with Crippen LogP contribution in [0.3, 0.4) is 0 Å². The van der Waals surface area contributed by atoms with Gasteiger partial charge in [-0.05, 0) is 20.8 Å². The van der Waals surface area contributed by atoms with Crippen LogP contribution in [0.1, 0.15) is 20.8 Å². The number of ether oxygens (including phenoxy) is 1. The van der Waals surface area contributed by atoms with E-state index in [1.807, 2.05) is 0 Å². The highest BCUT2D eigenvalue weighted by Gasteiger charge is 2.47. The van der Waals surface area contributed by atoms with E-state index in [0.29, 0.717) is 0 Å². The van der Waals surface area contributed by atoms with Crippen LogP contribution in [0, 0.1) is 0 Å². The largest absolute Gasteiger partial charge is 0.444 e. The summed E-state index contributed by atoms with van der Waals surface area (Å²) in [5, 5.41) is 12.0. The Morgan fingerprint density at radius 2 is 1.94 bits per heavy atom. The molecule has 0 aromatic rings. The minimum absolute atomic E-state index is 0.110. The zero-order valence-corrected chi connectivity index (χ0v) is 10.4. The number of alkyl carbamates (subject to hydrolysis) is 1. The normalized spacial score (nSPS) is 22.0. The first-order chi connectivity index (χ1) is 7.02. The molecule has 0 radical (unpaired) electrons. The Morgan fingerprint density at radius 1 is 1.44 bits per heavy atom. The summed E-state index contributed by atoms with van der Waals surface area (Å²) in [5.41, 5.74) is -1.95. The van der Waals surface area contributed by atoms with Crippen LogP contribution in [0.15, 0.2) is 0 Å². The van der Waals surface area contributed by atoms with E-state index >= 15 is 0 Å². The van der Waals surface area contributed by atoms with Gasteiger partial charge in [-0.25, -0.2) is 13.2 Å². The van der Waals surface area contributed by atoms with Gasteiger partial charge in [0.25, 0.3) is 0 Å². The number of aliphatic hydroxyl groups is 1. The minimum atomic E-state index is -3.11.